The van der Waals surface area contributed by atoms with Gasteiger partial charge < -0.3 is 4.57 Å². The average molecular weight is 396 g/mol. The summed E-state index contributed by atoms with van der Waals surface area (Å²) in [6, 6.07) is 15.8. The lowest BCUT2D eigenvalue weighted by Crippen LogP contribution is -2.19. The molecule has 0 atom stereocenters. The second-order valence-corrected chi connectivity index (χ2v) is 6.55. The van der Waals surface area contributed by atoms with Crippen LogP contribution in [-0.2, 0) is 17.8 Å². The van der Waals surface area contributed by atoms with Crippen LogP contribution in [0.5, 0.6) is 0 Å². The topological polar surface area (TPSA) is 46.4 Å². The Kier molecular flexibility index (Phi) is 5.46. The second kappa shape index (κ2) is 7.94. The molecule has 0 radical (unpaired) electrons. The number of benzene rings is 2. The minimum Gasteiger partial charge on any atom is -0.343 e. The Morgan fingerprint density at radius 2 is 1.96 bits per heavy atom. The van der Waals surface area contributed by atoms with E-state index in [0.717, 1.165) is 33.0 Å². The molecule has 0 aliphatic carbocycles. The molecule has 1 aromatic heterocycles. The van der Waals surface area contributed by atoms with Crippen molar-refractivity contribution in [1.29, 1.82) is 0 Å². The molecule has 1 heterocycles. The summed E-state index contributed by atoms with van der Waals surface area (Å²) in [7, 11) is 0. The van der Waals surface area contributed by atoms with E-state index in [9.17, 15) is 4.79 Å². The van der Waals surface area contributed by atoms with Crippen LogP contribution in [0.3, 0.4) is 0 Å². The van der Waals surface area contributed by atoms with E-state index in [2.05, 4.69) is 43.7 Å². The number of carbonyl (C=O) groups is 1. The quantitative estimate of drug-likeness (QED) is 0.377. The number of aromatic nitrogens is 1. The Labute approximate surface area is 155 Å². The molecule has 0 aliphatic heterocycles. The number of amides is 1. The number of rotatable bonds is 6. The molecule has 1 amide bonds. The minimum atomic E-state index is -0.145. The number of nitrogens with zero attached hydrogens (tertiary/aromatic N) is 2. The summed E-state index contributed by atoms with van der Waals surface area (Å²) in [5.74, 6) is -0.145. The van der Waals surface area contributed by atoms with E-state index >= 15 is 0 Å². The Balaban J connectivity index is 1.69. The lowest BCUT2D eigenvalue weighted by atomic mass is 10.1. The number of nitrogens with one attached hydrogen (secondary N) is 1. The number of halogens is 1. The first-order valence-corrected chi connectivity index (χ1v) is 8.72. The zero-order valence-corrected chi connectivity index (χ0v) is 15.2. The monoisotopic (exact) mass is 395 g/mol. The lowest BCUT2D eigenvalue weighted by molar-refractivity contribution is -0.120. The highest BCUT2D eigenvalue weighted by atomic mass is 79.9. The van der Waals surface area contributed by atoms with Crippen LogP contribution in [-0.4, -0.2) is 16.7 Å². The van der Waals surface area contributed by atoms with Crippen LogP contribution in [0.2, 0.25) is 0 Å². The Hall–Kier alpha value is -2.66. The van der Waals surface area contributed by atoms with Crippen molar-refractivity contribution in [3.05, 3.63) is 83.0 Å². The summed E-state index contributed by atoms with van der Waals surface area (Å²) < 4.78 is 3.10. The smallest absolute Gasteiger partial charge is 0.244 e. The predicted octanol–water partition coefficient (Wildman–Crippen LogP) is 4.28. The number of hydrazone groups is 1. The van der Waals surface area contributed by atoms with Gasteiger partial charge in [-0.05, 0) is 23.8 Å². The maximum Gasteiger partial charge on any atom is 0.244 e. The maximum atomic E-state index is 12.0. The third-order valence-electron chi connectivity index (χ3n) is 3.82. The number of hydrogen-bond acceptors (Lipinski definition) is 2. The van der Waals surface area contributed by atoms with Crippen LogP contribution in [0.25, 0.3) is 10.9 Å². The summed E-state index contributed by atoms with van der Waals surface area (Å²) in [6.07, 6.45) is 5.84. The van der Waals surface area contributed by atoms with Gasteiger partial charge in [0.15, 0.2) is 0 Å². The van der Waals surface area contributed by atoms with E-state index in [-0.39, 0.29) is 5.91 Å². The molecule has 0 unspecified atom stereocenters. The first-order valence-electron chi connectivity index (χ1n) is 7.92. The van der Waals surface area contributed by atoms with E-state index < -0.39 is 0 Å². The fourth-order valence-electron chi connectivity index (χ4n) is 2.67. The molecule has 0 spiro atoms. The summed E-state index contributed by atoms with van der Waals surface area (Å²) in [6.45, 7) is 4.51. The van der Waals surface area contributed by atoms with E-state index in [1.54, 1.807) is 6.21 Å². The second-order valence-electron chi connectivity index (χ2n) is 5.64. The van der Waals surface area contributed by atoms with E-state index in [0.29, 0.717) is 6.42 Å². The number of fused-ring (bicyclic) bond motifs is 1. The van der Waals surface area contributed by atoms with E-state index in [4.69, 9.17) is 0 Å². The fraction of sp³-hybridized carbons (Fsp3) is 0.100. The largest absolute Gasteiger partial charge is 0.343 e. The molecule has 2 aromatic carbocycles. The third-order valence-corrected chi connectivity index (χ3v) is 4.34. The van der Waals surface area contributed by atoms with Crippen molar-refractivity contribution in [3.63, 3.8) is 0 Å². The Morgan fingerprint density at radius 1 is 1.20 bits per heavy atom. The molecule has 0 saturated carbocycles. The molecular formula is C20H18BrN3O. The number of hydrogen-bond donors (Lipinski definition) is 1. The number of para-hydroxylation sites is 1. The van der Waals surface area contributed by atoms with Crippen LogP contribution in [0, 0.1) is 0 Å². The zero-order valence-electron chi connectivity index (χ0n) is 13.7. The Morgan fingerprint density at radius 3 is 2.72 bits per heavy atom. The van der Waals surface area contributed by atoms with Crippen molar-refractivity contribution >= 4 is 39.0 Å². The van der Waals surface area contributed by atoms with Gasteiger partial charge in [-0.15, -0.1) is 6.58 Å². The molecule has 3 aromatic rings. The fourth-order valence-corrected chi connectivity index (χ4v) is 2.93. The van der Waals surface area contributed by atoms with Gasteiger partial charge in [0.1, 0.15) is 0 Å². The molecule has 0 saturated heterocycles. The Bertz CT molecular complexity index is 926. The van der Waals surface area contributed by atoms with E-state index in [1.807, 2.05) is 54.7 Å². The van der Waals surface area contributed by atoms with Crippen molar-refractivity contribution < 1.29 is 4.79 Å². The van der Waals surface area contributed by atoms with Gasteiger partial charge in [0.25, 0.3) is 0 Å². The molecule has 0 fully saturated rings. The molecule has 4 nitrogen and oxygen atoms in total. The van der Waals surface area contributed by atoms with Crippen LogP contribution in [0.15, 0.2) is 77.0 Å². The van der Waals surface area contributed by atoms with Crippen LogP contribution < -0.4 is 5.43 Å². The third kappa shape index (κ3) is 4.25. The molecular weight excluding hydrogens is 378 g/mol. The first kappa shape index (κ1) is 17.2. The van der Waals surface area contributed by atoms with Crippen molar-refractivity contribution in [2.75, 3.05) is 0 Å². The van der Waals surface area contributed by atoms with Gasteiger partial charge in [-0.1, -0.05) is 52.3 Å². The van der Waals surface area contributed by atoms with Crippen LogP contribution in [0.1, 0.15) is 11.1 Å². The molecule has 25 heavy (non-hydrogen) atoms. The molecule has 126 valence electrons. The molecule has 0 aliphatic rings. The highest BCUT2D eigenvalue weighted by molar-refractivity contribution is 9.10. The highest BCUT2D eigenvalue weighted by Crippen LogP contribution is 2.20. The predicted molar refractivity (Wildman–Crippen MR) is 106 cm³/mol. The van der Waals surface area contributed by atoms with Gasteiger partial charge in [0.2, 0.25) is 5.91 Å². The van der Waals surface area contributed by atoms with Gasteiger partial charge >= 0.3 is 0 Å². The number of carbonyl (C=O) groups excluding carboxylic acids is 1. The van der Waals surface area contributed by atoms with Crippen molar-refractivity contribution in [3.8, 4) is 0 Å². The average Bonchev–Trinajstić information content (AvgIpc) is 2.96. The maximum absolute atomic E-state index is 12.0. The van der Waals surface area contributed by atoms with Crippen LogP contribution in [0.4, 0.5) is 0 Å². The van der Waals surface area contributed by atoms with Crippen LogP contribution >= 0.6 is 15.9 Å². The summed E-state index contributed by atoms with van der Waals surface area (Å²) in [5.41, 5.74) is 5.61. The molecule has 3 rings (SSSR count). The highest BCUT2D eigenvalue weighted by Gasteiger charge is 2.06. The van der Waals surface area contributed by atoms with Gasteiger partial charge in [-0.25, -0.2) is 5.43 Å². The van der Waals surface area contributed by atoms with Gasteiger partial charge in [-0.3, -0.25) is 4.79 Å². The SMILES string of the molecule is C=CCn1cc(/C=N\NC(=O)Cc2ccc(Br)cc2)c2ccccc21. The van der Waals surface area contributed by atoms with Crippen molar-refractivity contribution in [2.24, 2.45) is 5.10 Å². The molecule has 5 heteroatoms. The normalized spacial score (nSPS) is 11.1. The summed E-state index contributed by atoms with van der Waals surface area (Å²) >= 11 is 3.38. The van der Waals surface area contributed by atoms with Gasteiger partial charge in [0.05, 0.1) is 12.6 Å². The van der Waals surface area contributed by atoms with Gasteiger partial charge in [0, 0.05) is 33.7 Å². The summed E-state index contributed by atoms with van der Waals surface area (Å²) in [5, 5.41) is 5.20. The molecule has 0 bridgehead atoms. The van der Waals surface area contributed by atoms with Crippen molar-refractivity contribution in [1.82, 2.24) is 9.99 Å². The first-order chi connectivity index (χ1) is 12.2. The van der Waals surface area contributed by atoms with Crippen molar-refractivity contribution in [2.45, 2.75) is 13.0 Å². The summed E-state index contributed by atoms with van der Waals surface area (Å²) in [4.78, 5) is 12.0. The lowest BCUT2D eigenvalue weighted by Gasteiger charge is -2.00. The zero-order chi connectivity index (χ0) is 17.6. The van der Waals surface area contributed by atoms with E-state index in [1.165, 1.54) is 0 Å². The molecule has 1 N–H and O–H groups in total. The van der Waals surface area contributed by atoms with Gasteiger partial charge in [-0.2, -0.15) is 5.10 Å². The standard InChI is InChI=1S/C20H18BrN3O/c1-2-11-24-14-16(18-5-3-4-6-19(18)24)13-22-23-20(25)12-15-7-9-17(21)10-8-15/h2-10,13-14H,1,11-12H2,(H,23,25)/b22-13-. The number of allylic oxidation sites excluding steroid dienone is 1. The minimum absolute atomic E-state index is 0.145.